The fourth-order valence-electron chi connectivity index (χ4n) is 3.81. The van der Waals surface area contributed by atoms with Crippen LogP contribution < -0.4 is 15.0 Å². The van der Waals surface area contributed by atoms with E-state index in [0.717, 1.165) is 30.9 Å². The molecule has 4 rings (SSSR count). The molecule has 1 aliphatic heterocycles. The molecule has 0 aliphatic carbocycles. The highest BCUT2D eigenvalue weighted by Gasteiger charge is 2.22. The van der Waals surface area contributed by atoms with Gasteiger partial charge in [0, 0.05) is 25.0 Å². The quantitative estimate of drug-likeness (QED) is 0.488. The molecule has 1 unspecified atom stereocenters. The van der Waals surface area contributed by atoms with E-state index in [1.807, 2.05) is 61.5 Å². The van der Waals surface area contributed by atoms with Crippen molar-refractivity contribution in [3.05, 3.63) is 72.1 Å². The number of aromatic nitrogens is 1. The monoisotopic (exact) mass is 433 g/mol. The van der Waals surface area contributed by atoms with E-state index < -0.39 is 0 Å². The molecule has 1 saturated heterocycles. The maximum Gasteiger partial charge on any atom is 0.275 e. The second kappa shape index (κ2) is 9.43. The number of ether oxygens (including phenoxy) is 1. The molecule has 0 radical (unpaired) electrons. The fraction of sp³-hybridized carbons (Fsp3) is 0.280. The highest BCUT2D eigenvalue weighted by Crippen LogP contribution is 2.30. The van der Waals surface area contributed by atoms with Gasteiger partial charge < -0.3 is 15.0 Å². The molecule has 2 heterocycles. The topological polar surface area (TPSA) is 54.5 Å². The zero-order valence-corrected chi connectivity index (χ0v) is 18.7. The lowest BCUT2D eigenvalue weighted by Crippen LogP contribution is -2.34. The Hall–Kier alpha value is -2.99. The maximum absolute atomic E-state index is 12.9. The van der Waals surface area contributed by atoms with Gasteiger partial charge in [-0.25, -0.2) is 4.98 Å². The van der Waals surface area contributed by atoms with Crippen LogP contribution in [0.15, 0.2) is 65.7 Å². The van der Waals surface area contributed by atoms with E-state index in [1.54, 1.807) is 6.20 Å². The lowest BCUT2D eigenvalue weighted by Gasteiger charge is -2.33. The third-order valence-corrected chi connectivity index (χ3v) is 5.93. The number of hydrogen-bond donors (Lipinski definition) is 2. The predicted octanol–water partition coefficient (Wildman–Crippen LogP) is 5.96. The summed E-state index contributed by atoms with van der Waals surface area (Å²) in [6, 6.07) is 17.1. The van der Waals surface area contributed by atoms with Crippen molar-refractivity contribution in [2.45, 2.75) is 31.6 Å². The number of carbonyl (C=O) groups excluding carboxylic acids is 1. The van der Waals surface area contributed by atoms with Crippen molar-refractivity contribution in [3.63, 3.8) is 0 Å². The van der Waals surface area contributed by atoms with Gasteiger partial charge in [-0.05, 0) is 68.1 Å². The number of rotatable bonds is 5. The number of piperidine rings is 1. The summed E-state index contributed by atoms with van der Waals surface area (Å²) < 4.78 is 5.85. The molecule has 6 heteroatoms. The van der Waals surface area contributed by atoms with E-state index >= 15 is 0 Å². The zero-order chi connectivity index (χ0) is 21.8. The first kappa shape index (κ1) is 21.2. The van der Waals surface area contributed by atoms with Crippen molar-refractivity contribution in [1.82, 2.24) is 4.98 Å². The Kier molecular flexibility index (Phi) is 6.47. The molecule has 0 saturated carbocycles. The molecule has 0 bridgehead atoms. The van der Waals surface area contributed by atoms with Crippen molar-refractivity contribution < 1.29 is 9.53 Å². The van der Waals surface area contributed by atoms with Gasteiger partial charge in [-0.2, -0.15) is 0 Å². The highest BCUT2D eigenvalue weighted by atomic mass is 32.1. The zero-order valence-electron chi connectivity index (χ0n) is 17.8. The second-order valence-electron chi connectivity index (χ2n) is 8.11. The van der Waals surface area contributed by atoms with Gasteiger partial charge in [0.05, 0.1) is 10.6 Å². The minimum atomic E-state index is -0.274. The van der Waals surface area contributed by atoms with Gasteiger partial charge in [-0.15, -0.1) is 12.6 Å². The summed E-state index contributed by atoms with van der Waals surface area (Å²) in [5.74, 6) is 1.84. The van der Waals surface area contributed by atoms with Crippen molar-refractivity contribution >= 4 is 29.9 Å². The summed E-state index contributed by atoms with van der Waals surface area (Å²) in [6.07, 6.45) is 4.07. The molecule has 31 heavy (non-hydrogen) atoms. The number of benzene rings is 2. The average Bonchev–Trinajstić information content (AvgIpc) is 2.77. The first-order valence-electron chi connectivity index (χ1n) is 10.6. The number of pyridine rings is 1. The second-order valence-corrected chi connectivity index (χ2v) is 8.56. The molecule has 160 valence electrons. The molecule has 1 aliphatic rings. The Morgan fingerprint density at radius 3 is 2.45 bits per heavy atom. The maximum atomic E-state index is 12.9. The number of nitrogens with one attached hydrogen (secondary N) is 1. The molecular weight excluding hydrogens is 406 g/mol. The van der Waals surface area contributed by atoms with Crippen molar-refractivity contribution in [3.8, 4) is 11.5 Å². The average molecular weight is 434 g/mol. The summed E-state index contributed by atoms with van der Waals surface area (Å²) in [5.41, 5.74) is 3.16. The molecule has 1 amide bonds. The van der Waals surface area contributed by atoms with E-state index in [2.05, 4.69) is 34.8 Å². The van der Waals surface area contributed by atoms with Crippen molar-refractivity contribution in [2.24, 2.45) is 5.92 Å². The molecule has 3 aromatic rings. The lowest BCUT2D eigenvalue weighted by atomic mass is 10.00. The predicted molar refractivity (Wildman–Crippen MR) is 128 cm³/mol. The minimum Gasteiger partial charge on any atom is -0.457 e. The van der Waals surface area contributed by atoms with Crippen LogP contribution in [-0.4, -0.2) is 24.0 Å². The summed E-state index contributed by atoms with van der Waals surface area (Å²) in [5, 5.41) is 2.91. The number of thiol groups is 1. The SMILES string of the molecule is Cc1ccc(Oc2ccc(NC(=O)c3nccc(N4CCCC(C)C4)c3S)cc2)cc1. The molecule has 1 fully saturated rings. The highest BCUT2D eigenvalue weighted by molar-refractivity contribution is 7.80. The molecule has 1 aromatic heterocycles. The largest absolute Gasteiger partial charge is 0.457 e. The van der Waals surface area contributed by atoms with E-state index in [9.17, 15) is 4.79 Å². The number of nitrogens with zero attached hydrogens (tertiary/aromatic N) is 2. The van der Waals surface area contributed by atoms with E-state index in [1.165, 1.54) is 12.0 Å². The molecule has 5 nitrogen and oxygen atoms in total. The summed E-state index contributed by atoms with van der Waals surface area (Å²) in [7, 11) is 0. The van der Waals surface area contributed by atoms with Crippen LogP contribution >= 0.6 is 12.6 Å². The molecule has 0 spiro atoms. The van der Waals surface area contributed by atoms with Crippen LogP contribution in [0.5, 0.6) is 11.5 Å². The van der Waals surface area contributed by atoms with Crippen LogP contribution in [0.3, 0.4) is 0 Å². The van der Waals surface area contributed by atoms with Gasteiger partial charge in [-0.3, -0.25) is 4.79 Å². The van der Waals surface area contributed by atoms with E-state index in [4.69, 9.17) is 4.74 Å². The summed E-state index contributed by atoms with van der Waals surface area (Å²) in [6.45, 7) is 6.24. The molecule has 1 atom stereocenters. The van der Waals surface area contributed by atoms with Gasteiger partial charge in [-0.1, -0.05) is 24.6 Å². The van der Waals surface area contributed by atoms with Gasteiger partial charge >= 0.3 is 0 Å². The number of anilines is 2. The third kappa shape index (κ3) is 5.20. The smallest absolute Gasteiger partial charge is 0.275 e. The summed E-state index contributed by atoms with van der Waals surface area (Å²) >= 11 is 4.65. The number of aryl methyl sites for hydroxylation is 1. The normalized spacial score (nSPS) is 16.1. The van der Waals surface area contributed by atoms with Crippen LogP contribution in [0.25, 0.3) is 0 Å². The van der Waals surface area contributed by atoms with Gasteiger partial charge in [0.25, 0.3) is 5.91 Å². The van der Waals surface area contributed by atoms with Crippen LogP contribution in [0.2, 0.25) is 0 Å². The van der Waals surface area contributed by atoms with Crippen molar-refractivity contribution in [1.29, 1.82) is 0 Å². The molecule has 1 N–H and O–H groups in total. The van der Waals surface area contributed by atoms with Gasteiger partial charge in [0.2, 0.25) is 0 Å². The molecular formula is C25H27N3O2S. The van der Waals surface area contributed by atoms with E-state index in [-0.39, 0.29) is 5.91 Å². The van der Waals surface area contributed by atoms with Crippen LogP contribution in [0.1, 0.15) is 35.8 Å². The van der Waals surface area contributed by atoms with Crippen LogP contribution in [-0.2, 0) is 0 Å². The first-order chi connectivity index (χ1) is 15.0. The number of amides is 1. The standard InChI is InChI=1S/C25H27N3O2S/c1-17-5-9-20(10-6-17)30-21-11-7-19(8-12-21)27-25(29)23-24(31)22(13-14-26-23)28-15-3-4-18(2)16-28/h5-14,18,31H,3-4,15-16H2,1-2H3,(H,27,29). The Morgan fingerprint density at radius 2 is 1.77 bits per heavy atom. The Labute approximate surface area is 188 Å². The van der Waals surface area contributed by atoms with E-state index in [0.29, 0.717) is 27.9 Å². The summed E-state index contributed by atoms with van der Waals surface area (Å²) in [4.78, 5) is 20.1. The molecule has 2 aromatic carbocycles. The Bertz CT molecular complexity index is 1050. The number of carbonyl (C=O) groups is 1. The Morgan fingerprint density at radius 1 is 1.10 bits per heavy atom. The fourth-order valence-corrected chi connectivity index (χ4v) is 4.19. The van der Waals surface area contributed by atoms with Gasteiger partial charge in [0.1, 0.15) is 17.2 Å². The van der Waals surface area contributed by atoms with Crippen LogP contribution in [0, 0.1) is 12.8 Å². The van der Waals surface area contributed by atoms with Gasteiger partial charge in [0.15, 0.2) is 0 Å². The lowest BCUT2D eigenvalue weighted by molar-refractivity contribution is 0.101. The first-order valence-corrected chi connectivity index (χ1v) is 11.0. The Balaban J connectivity index is 1.44. The number of hydrogen-bond acceptors (Lipinski definition) is 5. The third-order valence-electron chi connectivity index (χ3n) is 5.48. The van der Waals surface area contributed by atoms with Crippen molar-refractivity contribution in [2.75, 3.05) is 23.3 Å². The minimum absolute atomic E-state index is 0.274. The van der Waals surface area contributed by atoms with Crippen LogP contribution in [0.4, 0.5) is 11.4 Å².